The first kappa shape index (κ1) is 15.0. The fourth-order valence-corrected chi connectivity index (χ4v) is 3.17. The first-order valence-electron chi connectivity index (χ1n) is 7.92. The van der Waals surface area contributed by atoms with E-state index in [1.807, 2.05) is 17.9 Å². The van der Waals surface area contributed by atoms with Crippen molar-refractivity contribution in [3.63, 3.8) is 0 Å². The van der Waals surface area contributed by atoms with Gasteiger partial charge in [0.25, 0.3) is 0 Å². The molecular weight excluding hydrogens is 282 g/mol. The minimum absolute atomic E-state index is 0.0588. The summed E-state index contributed by atoms with van der Waals surface area (Å²) in [6.07, 6.45) is 5.40. The summed E-state index contributed by atoms with van der Waals surface area (Å²) < 4.78 is 2.04. The lowest BCUT2D eigenvalue weighted by Crippen LogP contribution is -2.49. The second-order valence-corrected chi connectivity index (χ2v) is 6.12. The standard InChI is InChI=1S/C15H23N5O2/c1-19-10-17-12-8-20(7-5-13(12)19)9-14(21)18-11-4-2-3-6-16-15(11)22/h10-11H,2-9H2,1H3,(H,16,22)(H,18,21). The highest BCUT2D eigenvalue weighted by Crippen LogP contribution is 2.16. The Morgan fingerprint density at radius 2 is 2.36 bits per heavy atom. The molecule has 120 valence electrons. The third-order valence-corrected chi connectivity index (χ3v) is 4.42. The maximum atomic E-state index is 12.2. The highest BCUT2D eigenvalue weighted by molar-refractivity contribution is 5.88. The normalized spacial score (nSPS) is 22.6. The molecule has 0 aliphatic carbocycles. The van der Waals surface area contributed by atoms with Crippen LogP contribution in [0.15, 0.2) is 6.33 Å². The third-order valence-electron chi connectivity index (χ3n) is 4.42. The molecule has 0 bridgehead atoms. The summed E-state index contributed by atoms with van der Waals surface area (Å²) in [5.41, 5.74) is 2.30. The van der Waals surface area contributed by atoms with Crippen LogP contribution in [-0.4, -0.2) is 51.9 Å². The van der Waals surface area contributed by atoms with Crippen LogP contribution in [0.1, 0.15) is 30.7 Å². The van der Waals surface area contributed by atoms with E-state index in [0.717, 1.165) is 37.9 Å². The molecule has 2 N–H and O–H groups in total. The molecule has 0 radical (unpaired) electrons. The van der Waals surface area contributed by atoms with E-state index >= 15 is 0 Å². The maximum absolute atomic E-state index is 12.2. The number of nitrogens with one attached hydrogen (secondary N) is 2. The zero-order chi connectivity index (χ0) is 15.5. The molecule has 1 aromatic heterocycles. The number of nitrogens with zero attached hydrogens (tertiary/aromatic N) is 3. The molecule has 1 saturated heterocycles. The number of amides is 2. The first-order chi connectivity index (χ1) is 10.6. The Hall–Kier alpha value is -1.89. The van der Waals surface area contributed by atoms with Crippen LogP contribution in [0.4, 0.5) is 0 Å². The van der Waals surface area contributed by atoms with Gasteiger partial charge >= 0.3 is 0 Å². The molecule has 7 heteroatoms. The Morgan fingerprint density at radius 1 is 1.50 bits per heavy atom. The number of aromatic nitrogens is 2. The molecule has 1 aromatic rings. The van der Waals surface area contributed by atoms with Crippen molar-refractivity contribution < 1.29 is 9.59 Å². The van der Waals surface area contributed by atoms with Crippen LogP contribution in [0.25, 0.3) is 0 Å². The van der Waals surface area contributed by atoms with Crippen LogP contribution in [-0.2, 0) is 29.6 Å². The van der Waals surface area contributed by atoms with Crippen molar-refractivity contribution in [3.8, 4) is 0 Å². The molecule has 0 spiro atoms. The van der Waals surface area contributed by atoms with Gasteiger partial charge in [-0.25, -0.2) is 4.98 Å². The van der Waals surface area contributed by atoms with Gasteiger partial charge < -0.3 is 15.2 Å². The molecular formula is C15H23N5O2. The molecule has 0 aromatic carbocycles. The maximum Gasteiger partial charge on any atom is 0.242 e. The van der Waals surface area contributed by atoms with Gasteiger partial charge in [-0.1, -0.05) is 0 Å². The Bertz CT molecular complexity index is 568. The molecule has 1 fully saturated rings. The summed E-state index contributed by atoms with van der Waals surface area (Å²) in [5.74, 6) is -0.141. The van der Waals surface area contributed by atoms with E-state index in [1.165, 1.54) is 5.69 Å². The fraction of sp³-hybridized carbons (Fsp3) is 0.667. The van der Waals surface area contributed by atoms with E-state index in [4.69, 9.17) is 0 Å². The average Bonchev–Trinajstić information content (AvgIpc) is 2.74. The molecule has 1 unspecified atom stereocenters. The SMILES string of the molecule is Cn1cnc2c1CCN(CC(=O)NC1CCCCNC1=O)C2. The lowest BCUT2D eigenvalue weighted by atomic mass is 10.1. The van der Waals surface area contributed by atoms with Crippen LogP contribution >= 0.6 is 0 Å². The van der Waals surface area contributed by atoms with E-state index in [9.17, 15) is 9.59 Å². The highest BCUT2D eigenvalue weighted by atomic mass is 16.2. The predicted molar refractivity (Wildman–Crippen MR) is 81.0 cm³/mol. The zero-order valence-electron chi connectivity index (χ0n) is 13.0. The number of hydrogen-bond acceptors (Lipinski definition) is 4. The van der Waals surface area contributed by atoms with Gasteiger partial charge in [-0.3, -0.25) is 14.5 Å². The number of hydrogen-bond donors (Lipinski definition) is 2. The van der Waals surface area contributed by atoms with Gasteiger partial charge in [-0.15, -0.1) is 0 Å². The van der Waals surface area contributed by atoms with Gasteiger partial charge in [0.1, 0.15) is 6.04 Å². The van der Waals surface area contributed by atoms with Gasteiger partial charge in [0.15, 0.2) is 0 Å². The van der Waals surface area contributed by atoms with Gasteiger partial charge in [0, 0.05) is 38.8 Å². The monoisotopic (exact) mass is 305 g/mol. The quantitative estimate of drug-likeness (QED) is 0.794. The van der Waals surface area contributed by atoms with E-state index in [2.05, 4.69) is 20.5 Å². The average molecular weight is 305 g/mol. The molecule has 22 heavy (non-hydrogen) atoms. The lowest BCUT2D eigenvalue weighted by molar-refractivity contribution is -0.129. The smallest absolute Gasteiger partial charge is 0.242 e. The van der Waals surface area contributed by atoms with Crippen LogP contribution in [0, 0.1) is 0 Å². The number of aryl methyl sites for hydroxylation is 1. The molecule has 2 aliphatic heterocycles. The van der Waals surface area contributed by atoms with Gasteiger partial charge in [0.2, 0.25) is 11.8 Å². The Balaban J connectivity index is 1.53. The molecule has 2 aliphatic rings. The Morgan fingerprint density at radius 3 is 3.23 bits per heavy atom. The van der Waals surface area contributed by atoms with E-state index in [0.29, 0.717) is 19.6 Å². The summed E-state index contributed by atoms with van der Waals surface area (Å²) in [6, 6.07) is -0.384. The Kier molecular flexibility index (Phi) is 4.42. The zero-order valence-corrected chi connectivity index (χ0v) is 13.0. The van der Waals surface area contributed by atoms with Crippen molar-refractivity contribution in [2.24, 2.45) is 7.05 Å². The Labute approximate surface area is 130 Å². The van der Waals surface area contributed by atoms with Crippen LogP contribution in [0.2, 0.25) is 0 Å². The summed E-state index contributed by atoms with van der Waals surface area (Å²) >= 11 is 0. The van der Waals surface area contributed by atoms with E-state index in [-0.39, 0.29) is 17.9 Å². The summed E-state index contributed by atoms with van der Waals surface area (Å²) in [6.45, 7) is 2.57. The van der Waals surface area contributed by atoms with Crippen LogP contribution in [0.5, 0.6) is 0 Å². The summed E-state index contributed by atoms with van der Waals surface area (Å²) in [4.78, 5) is 30.5. The minimum Gasteiger partial charge on any atom is -0.354 e. The van der Waals surface area contributed by atoms with Crippen molar-refractivity contribution >= 4 is 11.8 Å². The number of fused-ring (bicyclic) bond motifs is 1. The van der Waals surface area contributed by atoms with Gasteiger partial charge in [0.05, 0.1) is 18.6 Å². The number of rotatable bonds is 3. The van der Waals surface area contributed by atoms with Crippen molar-refractivity contribution in [2.45, 2.75) is 38.3 Å². The number of carbonyl (C=O) groups excluding carboxylic acids is 2. The van der Waals surface area contributed by atoms with Crippen molar-refractivity contribution in [2.75, 3.05) is 19.6 Å². The molecule has 3 heterocycles. The van der Waals surface area contributed by atoms with Crippen LogP contribution in [0.3, 0.4) is 0 Å². The molecule has 0 saturated carbocycles. The summed E-state index contributed by atoms with van der Waals surface area (Å²) in [7, 11) is 2.00. The largest absolute Gasteiger partial charge is 0.354 e. The van der Waals surface area contributed by atoms with Gasteiger partial charge in [-0.2, -0.15) is 0 Å². The minimum atomic E-state index is -0.384. The first-order valence-corrected chi connectivity index (χ1v) is 7.92. The second-order valence-electron chi connectivity index (χ2n) is 6.12. The van der Waals surface area contributed by atoms with Crippen molar-refractivity contribution in [1.29, 1.82) is 0 Å². The molecule has 3 rings (SSSR count). The lowest BCUT2D eigenvalue weighted by Gasteiger charge is -2.26. The molecule has 1 atom stereocenters. The second kappa shape index (κ2) is 6.48. The van der Waals surface area contributed by atoms with E-state index < -0.39 is 0 Å². The van der Waals surface area contributed by atoms with E-state index in [1.54, 1.807) is 0 Å². The van der Waals surface area contributed by atoms with Crippen molar-refractivity contribution in [1.82, 2.24) is 25.1 Å². The number of carbonyl (C=O) groups is 2. The fourth-order valence-electron chi connectivity index (χ4n) is 3.17. The number of imidazole rings is 1. The predicted octanol–water partition coefficient (Wildman–Crippen LogP) is -0.437. The van der Waals surface area contributed by atoms with Gasteiger partial charge in [-0.05, 0) is 19.3 Å². The van der Waals surface area contributed by atoms with Crippen molar-refractivity contribution in [3.05, 3.63) is 17.7 Å². The van der Waals surface area contributed by atoms with Crippen LogP contribution < -0.4 is 10.6 Å². The summed E-state index contributed by atoms with van der Waals surface area (Å²) in [5, 5.41) is 5.71. The molecule has 7 nitrogen and oxygen atoms in total. The topological polar surface area (TPSA) is 79.3 Å². The molecule has 2 amide bonds. The third kappa shape index (κ3) is 3.30. The highest BCUT2D eigenvalue weighted by Gasteiger charge is 2.25.